The van der Waals surface area contributed by atoms with Crippen molar-refractivity contribution in [1.29, 1.82) is 0 Å². The molecule has 1 aromatic carbocycles. The van der Waals surface area contributed by atoms with Crippen LogP contribution >= 0.6 is 0 Å². The third-order valence-electron chi connectivity index (χ3n) is 2.15. The smallest absolute Gasteiger partial charge is 0.339 e. The monoisotopic (exact) mass is 250 g/mol. The van der Waals surface area contributed by atoms with Crippen molar-refractivity contribution in [3.05, 3.63) is 35.4 Å². The summed E-state index contributed by atoms with van der Waals surface area (Å²) >= 11 is 0. The number of methoxy groups -OCH3 is 1. The van der Waals surface area contributed by atoms with Gasteiger partial charge in [0.25, 0.3) is 0 Å². The highest BCUT2D eigenvalue weighted by atomic mass is 16.5. The van der Waals surface area contributed by atoms with E-state index in [1.54, 1.807) is 13.0 Å². The highest BCUT2D eigenvalue weighted by Gasteiger charge is 2.10. The normalized spacial score (nSPS) is 10.3. The summed E-state index contributed by atoms with van der Waals surface area (Å²) in [4.78, 5) is 22.1. The number of benzene rings is 1. The molecule has 0 heterocycles. The van der Waals surface area contributed by atoms with E-state index in [9.17, 15) is 9.59 Å². The van der Waals surface area contributed by atoms with Crippen molar-refractivity contribution in [2.45, 2.75) is 6.92 Å². The predicted octanol–water partition coefficient (Wildman–Crippen LogP) is 1.97. The Bertz CT molecular complexity index is 476. The molecule has 0 radical (unpaired) electrons. The van der Waals surface area contributed by atoms with Crippen molar-refractivity contribution >= 4 is 18.0 Å². The minimum Gasteiger partial charge on any atom is -0.496 e. The fraction of sp³-hybridized carbons (Fsp3) is 0.231. The average molecular weight is 250 g/mol. The number of rotatable bonds is 5. The molecule has 5 heteroatoms. The van der Waals surface area contributed by atoms with Crippen LogP contribution in [0.1, 0.15) is 22.8 Å². The lowest BCUT2D eigenvalue weighted by Gasteiger charge is -2.05. The number of hydrogen-bond acceptors (Lipinski definition) is 4. The maximum atomic E-state index is 11.1. The van der Waals surface area contributed by atoms with E-state index >= 15 is 0 Å². The predicted molar refractivity (Wildman–Crippen MR) is 65.6 cm³/mol. The summed E-state index contributed by atoms with van der Waals surface area (Å²) in [6.45, 7) is 2.01. The Morgan fingerprint density at radius 2 is 2.11 bits per heavy atom. The third-order valence-corrected chi connectivity index (χ3v) is 2.15. The van der Waals surface area contributed by atoms with Crippen molar-refractivity contribution in [1.82, 2.24) is 0 Å². The van der Waals surface area contributed by atoms with Gasteiger partial charge in [-0.1, -0.05) is 6.07 Å². The Hall–Kier alpha value is -2.30. The van der Waals surface area contributed by atoms with Crippen LogP contribution in [0, 0.1) is 0 Å². The van der Waals surface area contributed by atoms with Crippen LogP contribution in [0.5, 0.6) is 5.75 Å². The summed E-state index contributed by atoms with van der Waals surface area (Å²) < 4.78 is 9.65. The van der Waals surface area contributed by atoms with Crippen molar-refractivity contribution in [3.8, 4) is 5.75 Å². The fourth-order valence-electron chi connectivity index (χ4n) is 1.35. The second-order valence-electron chi connectivity index (χ2n) is 3.35. The Morgan fingerprint density at radius 3 is 2.67 bits per heavy atom. The number of carboxylic acid groups (broad SMARTS) is 1. The largest absolute Gasteiger partial charge is 0.496 e. The first kappa shape index (κ1) is 13.8. The summed E-state index contributed by atoms with van der Waals surface area (Å²) in [7, 11) is 1.40. The van der Waals surface area contributed by atoms with E-state index < -0.39 is 11.9 Å². The van der Waals surface area contributed by atoms with Crippen molar-refractivity contribution in [2.75, 3.05) is 13.7 Å². The van der Waals surface area contributed by atoms with Crippen LogP contribution in [0.15, 0.2) is 24.3 Å². The Kier molecular flexibility index (Phi) is 4.92. The summed E-state index contributed by atoms with van der Waals surface area (Å²) in [6, 6.07) is 4.62. The maximum absolute atomic E-state index is 11.1. The number of carbonyl (C=O) groups is 2. The number of ether oxygens (including phenoxy) is 2. The van der Waals surface area contributed by atoms with Gasteiger partial charge in [0.2, 0.25) is 0 Å². The van der Waals surface area contributed by atoms with Gasteiger partial charge < -0.3 is 14.6 Å². The lowest BCUT2D eigenvalue weighted by molar-refractivity contribution is -0.137. The van der Waals surface area contributed by atoms with Crippen LogP contribution in [0.25, 0.3) is 6.08 Å². The van der Waals surface area contributed by atoms with Crippen molar-refractivity contribution in [3.63, 3.8) is 0 Å². The van der Waals surface area contributed by atoms with Gasteiger partial charge in [-0.25, -0.2) is 9.59 Å². The molecule has 0 amide bonds. The Morgan fingerprint density at radius 1 is 1.39 bits per heavy atom. The molecule has 0 saturated carbocycles. The minimum absolute atomic E-state index is 0.0449. The highest BCUT2D eigenvalue weighted by molar-refractivity contribution is 5.92. The zero-order valence-electron chi connectivity index (χ0n) is 10.2. The number of esters is 1. The molecule has 0 atom stereocenters. The van der Waals surface area contributed by atoms with E-state index in [-0.39, 0.29) is 11.3 Å². The Labute approximate surface area is 105 Å². The van der Waals surface area contributed by atoms with E-state index in [0.717, 1.165) is 0 Å². The second-order valence-corrected chi connectivity index (χ2v) is 3.35. The SMILES string of the molecule is CCOC(=O)/C=C\c1ccc(OC)c(C(=O)O)c1. The first-order valence-electron chi connectivity index (χ1n) is 5.34. The van der Waals surface area contributed by atoms with Gasteiger partial charge in [-0.15, -0.1) is 0 Å². The summed E-state index contributed by atoms with van der Waals surface area (Å²) in [5.41, 5.74) is 0.629. The van der Waals surface area contributed by atoms with Gasteiger partial charge in [0, 0.05) is 6.08 Å². The van der Waals surface area contributed by atoms with Gasteiger partial charge in [0.05, 0.1) is 13.7 Å². The van der Waals surface area contributed by atoms with E-state index in [1.807, 2.05) is 0 Å². The lowest BCUT2D eigenvalue weighted by Crippen LogP contribution is -2.01. The summed E-state index contributed by atoms with van der Waals surface area (Å²) in [5, 5.41) is 8.99. The molecule has 0 fully saturated rings. The van der Waals surface area contributed by atoms with Crippen LogP contribution in [-0.4, -0.2) is 30.8 Å². The van der Waals surface area contributed by atoms with Gasteiger partial charge in [0.15, 0.2) is 0 Å². The van der Waals surface area contributed by atoms with E-state index in [2.05, 4.69) is 0 Å². The third kappa shape index (κ3) is 3.62. The molecule has 1 N–H and O–H groups in total. The molecule has 96 valence electrons. The number of hydrogen-bond donors (Lipinski definition) is 1. The van der Waals surface area contributed by atoms with Crippen LogP contribution < -0.4 is 4.74 Å². The maximum Gasteiger partial charge on any atom is 0.339 e. The first-order chi connectivity index (χ1) is 8.58. The van der Waals surface area contributed by atoms with Gasteiger partial charge in [-0.2, -0.15) is 0 Å². The van der Waals surface area contributed by atoms with E-state index in [1.165, 1.54) is 31.4 Å². The van der Waals surface area contributed by atoms with Gasteiger partial charge in [0.1, 0.15) is 11.3 Å². The standard InChI is InChI=1S/C13H14O5/c1-3-18-12(14)7-5-9-4-6-11(17-2)10(8-9)13(15)16/h4-8H,3H2,1-2H3,(H,15,16)/b7-5-. The fourth-order valence-corrected chi connectivity index (χ4v) is 1.35. The van der Waals surface area contributed by atoms with Gasteiger partial charge >= 0.3 is 11.9 Å². The first-order valence-corrected chi connectivity index (χ1v) is 5.34. The van der Waals surface area contributed by atoms with Crippen LogP contribution in [0.3, 0.4) is 0 Å². The molecule has 1 rings (SSSR count). The van der Waals surface area contributed by atoms with Crippen molar-refractivity contribution in [2.24, 2.45) is 0 Å². The molecule has 0 spiro atoms. The second kappa shape index (κ2) is 6.44. The zero-order chi connectivity index (χ0) is 13.5. The highest BCUT2D eigenvalue weighted by Crippen LogP contribution is 2.20. The van der Waals surface area contributed by atoms with Gasteiger partial charge in [-0.05, 0) is 30.7 Å². The molecule has 0 bridgehead atoms. The van der Waals surface area contributed by atoms with Crippen LogP contribution in [0.2, 0.25) is 0 Å². The summed E-state index contributed by atoms with van der Waals surface area (Å²) in [5.74, 6) is -1.28. The number of carbonyl (C=O) groups excluding carboxylic acids is 1. The Balaban J connectivity index is 2.95. The minimum atomic E-state index is -1.08. The molecule has 0 aliphatic heterocycles. The molecule has 0 aliphatic carbocycles. The van der Waals surface area contributed by atoms with Crippen LogP contribution in [-0.2, 0) is 9.53 Å². The molecule has 5 nitrogen and oxygen atoms in total. The van der Waals surface area contributed by atoms with E-state index in [4.69, 9.17) is 14.6 Å². The molecular weight excluding hydrogens is 236 g/mol. The summed E-state index contributed by atoms with van der Waals surface area (Å²) in [6.07, 6.45) is 2.74. The van der Waals surface area contributed by atoms with Gasteiger partial charge in [-0.3, -0.25) is 0 Å². The van der Waals surface area contributed by atoms with Crippen LogP contribution in [0.4, 0.5) is 0 Å². The zero-order valence-corrected chi connectivity index (χ0v) is 10.2. The molecule has 0 saturated heterocycles. The number of aromatic carboxylic acids is 1. The number of carboxylic acids is 1. The quantitative estimate of drug-likeness (QED) is 0.639. The lowest BCUT2D eigenvalue weighted by atomic mass is 10.1. The molecule has 18 heavy (non-hydrogen) atoms. The average Bonchev–Trinajstić information content (AvgIpc) is 2.36. The topological polar surface area (TPSA) is 72.8 Å². The molecular formula is C13H14O5. The van der Waals surface area contributed by atoms with E-state index in [0.29, 0.717) is 12.2 Å². The molecule has 1 aromatic rings. The van der Waals surface area contributed by atoms with Crippen molar-refractivity contribution < 1.29 is 24.2 Å². The molecule has 0 aromatic heterocycles. The molecule has 0 unspecified atom stereocenters. The molecule has 0 aliphatic rings.